The minimum Gasteiger partial charge on any atom is -0.452 e. The van der Waals surface area contributed by atoms with E-state index in [0.717, 1.165) is 18.9 Å². The summed E-state index contributed by atoms with van der Waals surface area (Å²) in [5.41, 5.74) is 0.315. The van der Waals surface area contributed by atoms with Crippen LogP contribution in [0.2, 0.25) is 10.0 Å². The molecule has 1 fully saturated rings. The molecule has 1 amide bonds. The van der Waals surface area contributed by atoms with Gasteiger partial charge in [0.15, 0.2) is 6.61 Å². The summed E-state index contributed by atoms with van der Waals surface area (Å²) >= 11 is 11.9. The second kappa shape index (κ2) is 9.66. The van der Waals surface area contributed by atoms with E-state index in [0.29, 0.717) is 18.1 Å². The molecule has 0 spiro atoms. The van der Waals surface area contributed by atoms with E-state index >= 15 is 0 Å². The number of nitrogens with zero attached hydrogens (tertiary/aromatic N) is 2. The summed E-state index contributed by atoms with van der Waals surface area (Å²) in [6, 6.07) is 10.0. The third kappa shape index (κ3) is 5.35. The molecule has 1 aliphatic heterocycles. The molecule has 162 valence electrons. The van der Waals surface area contributed by atoms with Crippen molar-refractivity contribution < 1.29 is 22.7 Å². The van der Waals surface area contributed by atoms with Crippen molar-refractivity contribution in [1.29, 1.82) is 5.26 Å². The first kappa shape index (κ1) is 23.0. The third-order valence-electron chi connectivity index (χ3n) is 4.56. The van der Waals surface area contributed by atoms with Crippen LogP contribution in [0.15, 0.2) is 41.3 Å². The van der Waals surface area contributed by atoms with Gasteiger partial charge in [-0.25, -0.2) is 13.2 Å². The molecule has 1 aliphatic rings. The summed E-state index contributed by atoms with van der Waals surface area (Å²) in [6.07, 6.45) is 1.52. The molecule has 0 radical (unpaired) electrons. The maximum absolute atomic E-state index is 12.8. The Morgan fingerprint density at radius 3 is 2.52 bits per heavy atom. The number of carbonyl (C=O) groups is 2. The number of rotatable bonds is 6. The van der Waals surface area contributed by atoms with Gasteiger partial charge in [0.05, 0.1) is 21.8 Å². The molecule has 2 aromatic rings. The standard InChI is InChI=1S/C20H17Cl2N3O5S/c21-15-5-3-14(11-23)17(10-15)24-19(26)12-30-20(27)13-4-6-16(22)18(9-13)31(28,29)25-7-1-2-8-25/h3-6,9-10H,1-2,7-8,12H2,(H,24,26). The number of nitriles is 1. The van der Waals surface area contributed by atoms with E-state index in [1.54, 1.807) is 0 Å². The number of benzene rings is 2. The van der Waals surface area contributed by atoms with Crippen molar-refractivity contribution in [2.24, 2.45) is 0 Å². The predicted molar refractivity (Wildman–Crippen MR) is 115 cm³/mol. The SMILES string of the molecule is N#Cc1ccc(Cl)cc1NC(=O)COC(=O)c1ccc(Cl)c(S(=O)(=O)N2CCCC2)c1. The van der Waals surface area contributed by atoms with Crippen molar-refractivity contribution in [3.05, 3.63) is 57.6 Å². The van der Waals surface area contributed by atoms with E-state index < -0.39 is 28.5 Å². The first-order chi connectivity index (χ1) is 14.7. The fourth-order valence-corrected chi connectivity index (χ4v) is 5.20. The van der Waals surface area contributed by atoms with Crippen LogP contribution in [0, 0.1) is 11.3 Å². The van der Waals surface area contributed by atoms with E-state index in [9.17, 15) is 18.0 Å². The Morgan fingerprint density at radius 2 is 1.84 bits per heavy atom. The van der Waals surface area contributed by atoms with Crippen LogP contribution in [0.4, 0.5) is 5.69 Å². The van der Waals surface area contributed by atoms with E-state index in [2.05, 4.69) is 5.32 Å². The van der Waals surface area contributed by atoms with Gasteiger partial charge in [0, 0.05) is 18.1 Å². The molecule has 0 bridgehead atoms. The number of ether oxygens (including phenoxy) is 1. The van der Waals surface area contributed by atoms with Crippen LogP contribution in [0.3, 0.4) is 0 Å². The molecular formula is C20H17Cl2N3O5S. The third-order valence-corrected chi connectivity index (χ3v) is 7.18. The molecule has 11 heteroatoms. The first-order valence-electron chi connectivity index (χ1n) is 9.18. The number of carbonyl (C=O) groups excluding carboxylic acids is 2. The average Bonchev–Trinajstić information content (AvgIpc) is 3.28. The zero-order chi connectivity index (χ0) is 22.6. The van der Waals surface area contributed by atoms with E-state index in [1.807, 2.05) is 6.07 Å². The van der Waals surface area contributed by atoms with E-state index in [1.165, 1.54) is 34.6 Å². The summed E-state index contributed by atoms with van der Waals surface area (Å²) in [5, 5.41) is 11.8. The lowest BCUT2D eigenvalue weighted by Gasteiger charge is -2.17. The van der Waals surface area contributed by atoms with Crippen LogP contribution in [-0.2, 0) is 19.6 Å². The maximum Gasteiger partial charge on any atom is 0.338 e. The van der Waals surface area contributed by atoms with Gasteiger partial charge in [-0.05, 0) is 49.2 Å². The number of amides is 1. The van der Waals surface area contributed by atoms with Crippen molar-refractivity contribution in [2.45, 2.75) is 17.7 Å². The number of sulfonamides is 1. The molecule has 3 rings (SSSR count). The topological polar surface area (TPSA) is 117 Å². The normalized spacial score (nSPS) is 14.1. The highest BCUT2D eigenvalue weighted by atomic mass is 35.5. The van der Waals surface area contributed by atoms with Crippen LogP contribution in [0.1, 0.15) is 28.8 Å². The Balaban J connectivity index is 1.69. The molecule has 0 aromatic heterocycles. The Labute approximate surface area is 189 Å². The molecule has 1 saturated heterocycles. The van der Waals surface area contributed by atoms with Gasteiger partial charge in [0.2, 0.25) is 10.0 Å². The van der Waals surface area contributed by atoms with Gasteiger partial charge < -0.3 is 10.1 Å². The molecule has 0 aliphatic carbocycles. The van der Waals surface area contributed by atoms with Gasteiger partial charge in [-0.1, -0.05) is 23.2 Å². The van der Waals surface area contributed by atoms with Crippen LogP contribution in [-0.4, -0.2) is 44.3 Å². The highest BCUT2D eigenvalue weighted by molar-refractivity contribution is 7.89. The lowest BCUT2D eigenvalue weighted by Crippen LogP contribution is -2.28. The number of anilines is 1. The number of hydrogen-bond acceptors (Lipinski definition) is 6. The van der Waals surface area contributed by atoms with Crippen LogP contribution >= 0.6 is 23.2 Å². The van der Waals surface area contributed by atoms with Crippen molar-refractivity contribution in [1.82, 2.24) is 4.31 Å². The monoisotopic (exact) mass is 481 g/mol. The Bertz CT molecular complexity index is 1170. The molecule has 1 N–H and O–H groups in total. The minimum absolute atomic E-state index is 0.00816. The minimum atomic E-state index is -3.84. The summed E-state index contributed by atoms with van der Waals surface area (Å²) < 4.78 is 31.8. The zero-order valence-corrected chi connectivity index (χ0v) is 18.4. The summed E-state index contributed by atoms with van der Waals surface area (Å²) in [6.45, 7) is 0.135. The van der Waals surface area contributed by atoms with Crippen LogP contribution < -0.4 is 5.32 Å². The fraction of sp³-hybridized carbons (Fsp3) is 0.250. The predicted octanol–water partition coefficient (Wildman–Crippen LogP) is 3.45. The van der Waals surface area contributed by atoms with Gasteiger partial charge >= 0.3 is 5.97 Å². The largest absolute Gasteiger partial charge is 0.452 e. The second-order valence-corrected chi connectivity index (χ2v) is 9.43. The second-order valence-electron chi connectivity index (χ2n) is 6.68. The van der Waals surface area contributed by atoms with Crippen molar-refractivity contribution in [3.8, 4) is 6.07 Å². The quantitative estimate of drug-likeness (QED) is 0.631. The highest BCUT2D eigenvalue weighted by Gasteiger charge is 2.30. The fourth-order valence-electron chi connectivity index (χ4n) is 3.01. The van der Waals surface area contributed by atoms with Crippen molar-refractivity contribution >= 4 is 50.8 Å². The highest BCUT2D eigenvalue weighted by Crippen LogP contribution is 2.28. The zero-order valence-electron chi connectivity index (χ0n) is 16.1. The molecular weight excluding hydrogens is 465 g/mol. The van der Waals surface area contributed by atoms with E-state index in [4.69, 9.17) is 33.2 Å². The molecule has 0 atom stereocenters. The lowest BCUT2D eigenvalue weighted by atomic mass is 10.2. The van der Waals surface area contributed by atoms with Gasteiger partial charge in [0.1, 0.15) is 11.0 Å². The molecule has 0 saturated carbocycles. The maximum atomic E-state index is 12.8. The number of halogens is 2. The van der Waals surface area contributed by atoms with Gasteiger partial charge in [-0.2, -0.15) is 9.57 Å². The van der Waals surface area contributed by atoms with Gasteiger partial charge in [0.25, 0.3) is 5.91 Å². The van der Waals surface area contributed by atoms with Gasteiger partial charge in [-0.15, -0.1) is 0 Å². The van der Waals surface area contributed by atoms with Crippen molar-refractivity contribution in [3.63, 3.8) is 0 Å². The van der Waals surface area contributed by atoms with Crippen LogP contribution in [0.25, 0.3) is 0 Å². The smallest absolute Gasteiger partial charge is 0.338 e. The number of esters is 1. The summed E-state index contributed by atoms with van der Waals surface area (Å²) in [7, 11) is -3.84. The number of hydrogen-bond donors (Lipinski definition) is 1. The average molecular weight is 482 g/mol. The summed E-state index contributed by atoms with van der Waals surface area (Å²) in [4.78, 5) is 24.3. The lowest BCUT2D eigenvalue weighted by molar-refractivity contribution is -0.119. The molecule has 2 aromatic carbocycles. The summed E-state index contributed by atoms with van der Waals surface area (Å²) in [5.74, 6) is -1.58. The van der Waals surface area contributed by atoms with E-state index in [-0.39, 0.29) is 26.7 Å². The molecule has 1 heterocycles. The molecule has 8 nitrogen and oxygen atoms in total. The Hall–Kier alpha value is -2.64. The number of nitrogens with one attached hydrogen (secondary N) is 1. The van der Waals surface area contributed by atoms with Crippen molar-refractivity contribution in [2.75, 3.05) is 25.0 Å². The Kier molecular flexibility index (Phi) is 7.18. The van der Waals surface area contributed by atoms with Crippen LogP contribution in [0.5, 0.6) is 0 Å². The van der Waals surface area contributed by atoms with Gasteiger partial charge in [-0.3, -0.25) is 4.79 Å². The molecule has 0 unspecified atom stereocenters. The first-order valence-corrected chi connectivity index (χ1v) is 11.4. The Morgan fingerprint density at radius 1 is 1.13 bits per heavy atom. The molecule has 31 heavy (non-hydrogen) atoms.